The van der Waals surface area contributed by atoms with Crippen LogP contribution in [-0.2, 0) is 19.6 Å². The number of carbonyl (C=O) groups is 1. The molecular weight excluding hydrogens is 308 g/mol. The third-order valence-electron chi connectivity index (χ3n) is 3.48. The van der Waals surface area contributed by atoms with Crippen LogP contribution in [0.3, 0.4) is 0 Å². The summed E-state index contributed by atoms with van der Waals surface area (Å²) < 4.78 is 1.90. The zero-order valence-corrected chi connectivity index (χ0v) is 14.8. The minimum absolute atomic E-state index is 0.0807. The van der Waals surface area contributed by atoms with Gasteiger partial charge in [-0.2, -0.15) is 5.10 Å². The molecule has 1 N–H and O–H groups in total. The summed E-state index contributed by atoms with van der Waals surface area (Å²) in [5.74, 6) is 0. The van der Waals surface area contributed by atoms with Gasteiger partial charge in [-0.1, -0.05) is 19.1 Å². The normalized spacial score (nSPS) is 10.6. The van der Waals surface area contributed by atoms with Crippen molar-refractivity contribution in [3.8, 4) is 0 Å². The first-order chi connectivity index (χ1) is 11.1. The van der Waals surface area contributed by atoms with E-state index < -0.39 is 0 Å². The van der Waals surface area contributed by atoms with Gasteiger partial charge in [-0.15, -0.1) is 11.8 Å². The number of carbonyl (C=O) groups excluding carboxylic acids is 1. The van der Waals surface area contributed by atoms with Gasteiger partial charge in [0.1, 0.15) is 0 Å². The summed E-state index contributed by atoms with van der Waals surface area (Å²) in [5.41, 5.74) is 2.15. The van der Waals surface area contributed by atoms with Crippen LogP contribution < -0.4 is 5.32 Å². The SMILES string of the molecule is CCCn1cc(CNC(=O)N(C)Cc2cccc(SC)c2)cn1. The van der Waals surface area contributed by atoms with Gasteiger partial charge in [0.25, 0.3) is 0 Å². The highest BCUT2D eigenvalue weighted by Crippen LogP contribution is 2.16. The summed E-state index contributed by atoms with van der Waals surface area (Å²) >= 11 is 1.70. The molecule has 2 aromatic rings. The first-order valence-electron chi connectivity index (χ1n) is 7.75. The second-order valence-corrected chi connectivity index (χ2v) is 6.36. The standard InChI is InChI=1S/C17H24N4OS/c1-4-8-21-13-15(11-19-21)10-18-17(22)20(2)12-14-6-5-7-16(9-14)23-3/h5-7,9,11,13H,4,8,10,12H2,1-3H3,(H,18,22). The van der Waals surface area contributed by atoms with E-state index in [2.05, 4.69) is 29.5 Å². The van der Waals surface area contributed by atoms with E-state index in [0.717, 1.165) is 24.1 Å². The molecule has 0 aliphatic heterocycles. The number of hydrogen-bond acceptors (Lipinski definition) is 3. The van der Waals surface area contributed by atoms with Crippen LogP contribution in [0, 0.1) is 0 Å². The molecule has 0 atom stereocenters. The lowest BCUT2D eigenvalue weighted by molar-refractivity contribution is 0.206. The lowest BCUT2D eigenvalue weighted by Gasteiger charge is -2.18. The van der Waals surface area contributed by atoms with Gasteiger partial charge >= 0.3 is 6.03 Å². The molecule has 0 saturated carbocycles. The number of hydrogen-bond donors (Lipinski definition) is 1. The third-order valence-corrected chi connectivity index (χ3v) is 4.21. The Balaban J connectivity index is 1.84. The topological polar surface area (TPSA) is 50.2 Å². The maximum Gasteiger partial charge on any atom is 0.317 e. The lowest BCUT2D eigenvalue weighted by atomic mass is 10.2. The molecule has 0 radical (unpaired) electrons. The molecule has 0 unspecified atom stereocenters. The van der Waals surface area contributed by atoms with E-state index in [1.165, 1.54) is 4.90 Å². The van der Waals surface area contributed by atoms with Crippen LogP contribution in [0.1, 0.15) is 24.5 Å². The molecule has 0 aliphatic carbocycles. The van der Waals surface area contributed by atoms with Crippen LogP contribution in [0.2, 0.25) is 0 Å². The predicted molar refractivity (Wildman–Crippen MR) is 94.4 cm³/mol. The Hall–Kier alpha value is -1.95. The summed E-state index contributed by atoms with van der Waals surface area (Å²) in [5, 5.41) is 7.20. The molecule has 0 spiro atoms. The minimum atomic E-state index is -0.0807. The second-order valence-electron chi connectivity index (χ2n) is 5.48. The number of benzene rings is 1. The van der Waals surface area contributed by atoms with E-state index in [1.807, 2.05) is 36.3 Å². The number of urea groups is 1. The number of nitrogens with zero attached hydrogens (tertiary/aromatic N) is 3. The van der Waals surface area contributed by atoms with Crippen molar-refractivity contribution in [1.82, 2.24) is 20.0 Å². The first-order valence-corrected chi connectivity index (χ1v) is 8.98. The summed E-state index contributed by atoms with van der Waals surface area (Å²) in [4.78, 5) is 15.1. The summed E-state index contributed by atoms with van der Waals surface area (Å²) in [6, 6.07) is 8.17. The van der Waals surface area contributed by atoms with Crippen LogP contribution >= 0.6 is 11.8 Å². The van der Waals surface area contributed by atoms with Gasteiger partial charge in [-0.3, -0.25) is 4.68 Å². The number of rotatable bonds is 7. The van der Waals surface area contributed by atoms with Crippen molar-refractivity contribution < 1.29 is 4.79 Å². The average Bonchev–Trinajstić information content (AvgIpc) is 3.00. The molecule has 1 aromatic heterocycles. The maximum atomic E-state index is 12.2. The Morgan fingerprint density at radius 2 is 2.22 bits per heavy atom. The molecule has 0 bridgehead atoms. The zero-order chi connectivity index (χ0) is 16.7. The third kappa shape index (κ3) is 5.32. The van der Waals surface area contributed by atoms with Crippen molar-refractivity contribution in [1.29, 1.82) is 0 Å². The fourth-order valence-electron chi connectivity index (χ4n) is 2.28. The number of aromatic nitrogens is 2. The van der Waals surface area contributed by atoms with E-state index >= 15 is 0 Å². The van der Waals surface area contributed by atoms with E-state index in [4.69, 9.17) is 0 Å². The largest absolute Gasteiger partial charge is 0.334 e. The van der Waals surface area contributed by atoms with Gasteiger partial charge in [0.15, 0.2) is 0 Å². The summed E-state index contributed by atoms with van der Waals surface area (Å²) in [6.45, 7) is 4.11. The quantitative estimate of drug-likeness (QED) is 0.791. The smallest absolute Gasteiger partial charge is 0.317 e. The number of thioether (sulfide) groups is 1. The molecule has 0 saturated heterocycles. The van der Waals surface area contributed by atoms with Gasteiger partial charge in [0, 0.05) is 43.3 Å². The molecule has 2 amide bonds. The van der Waals surface area contributed by atoms with Crippen molar-refractivity contribution in [2.75, 3.05) is 13.3 Å². The van der Waals surface area contributed by atoms with Crippen LogP contribution in [0.25, 0.3) is 0 Å². The van der Waals surface area contributed by atoms with Crippen molar-refractivity contribution in [3.05, 3.63) is 47.8 Å². The van der Waals surface area contributed by atoms with Crippen molar-refractivity contribution in [2.45, 2.75) is 37.9 Å². The number of aryl methyl sites for hydroxylation is 1. The van der Waals surface area contributed by atoms with Gasteiger partial charge in [0.2, 0.25) is 0 Å². The van der Waals surface area contributed by atoms with Crippen LogP contribution in [0.4, 0.5) is 4.79 Å². The molecular formula is C17H24N4OS. The van der Waals surface area contributed by atoms with Crippen LogP contribution in [-0.4, -0.2) is 34.0 Å². The van der Waals surface area contributed by atoms with Gasteiger partial charge in [-0.05, 0) is 30.4 Å². The molecule has 0 fully saturated rings. The molecule has 1 aromatic carbocycles. The molecule has 23 heavy (non-hydrogen) atoms. The Labute approximate surface area is 142 Å². The van der Waals surface area contributed by atoms with E-state index in [1.54, 1.807) is 22.9 Å². The number of nitrogens with one attached hydrogen (secondary N) is 1. The highest BCUT2D eigenvalue weighted by Gasteiger charge is 2.09. The first kappa shape index (κ1) is 17.4. The van der Waals surface area contributed by atoms with Gasteiger partial charge in [-0.25, -0.2) is 4.79 Å². The molecule has 1 heterocycles. The maximum absolute atomic E-state index is 12.2. The van der Waals surface area contributed by atoms with Gasteiger partial charge < -0.3 is 10.2 Å². The van der Waals surface area contributed by atoms with Crippen molar-refractivity contribution in [2.24, 2.45) is 0 Å². The molecule has 124 valence electrons. The minimum Gasteiger partial charge on any atom is -0.334 e. The summed E-state index contributed by atoms with van der Waals surface area (Å²) in [6.07, 6.45) is 6.88. The molecule has 5 nitrogen and oxygen atoms in total. The fourth-order valence-corrected chi connectivity index (χ4v) is 2.76. The van der Waals surface area contributed by atoms with E-state index in [-0.39, 0.29) is 6.03 Å². The van der Waals surface area contributed by atoms with E-state index in [9.17, 15) is 4.79 Å². The monoisotopic (exact) mass is 332 g/mol. The average molecular weight is 332 g/mol. The van der Waals surface area contributed by atoms with Crippen LogP contribution in [0.15, 0.2) is 41.6 Å². The molecule has 0 aliphatic rings. The van der Waals surface area contributed by atoms with Crippen molar-refractivity contribution in [3.63, 3.8) is 0 Å². The predicted octanol–water partition coefficient (Wildman–Crippen LogP) is 3.36. The fraction of sp³-hybridized carbons (Fsp3) is 0.412. The lowest BCUT2D eigenvalue weighted by Crippen LogP contribution is -2.36. The highest BCUT2D eigenvalue weighted by atomic mass is 32.2. The summed E-state index contributed by atoms with van der Waals surface area (Å²) in [7, 11) is 1.81. The highest BCUT2D eigenvalue weighted by molar-refractivity contribution is 7.98. The Bertz CT molecular complexity index is 641. The Morgan fingerprint density at radius 1 is 1.39 bits per heavy atom. The Morgan fingerprint density at radius 3 is 2.96 bits per heavy atom. The van der Waals surface area contributed by atoms with Crippen LogP contribution in [0.5, 0.6) is 0 Å². The van der Waals surface area contributed by atoms with E-state index in [0.29, 0.717) is 13.1 Å². The molecule has 6 heteroatoms. The van der Waals surface area contributed by atoms with Crippen molar-refractivity contribution >= 4 is 17.8 Å². The second kappa shape index (κ2) is 8.62. The number of amides is 2. The Kier molecular flexibility index (Phi) is 6.52. The molecule has 2 rings (SSSR count). The zero-order valence-electron chi connectivity index (χ0n) is 14.0. The van der Waals surface area contributed by atoms with Gasteiger partial charge in [0.05, 0.1) is 6.20 Å².